The van der Waals surface area contributed by atoms with Crippen LogP contribution in [-0.2, 0) is 12.0 Å². The van der Waals surface area contributed by atoms with Crippen molar-refractivity contribution in [2.75, 3.05) is 11.9 Å². The minimum Gasteiger partial charge on any atom is -0.348 e. The van der Waals surface area contributed by atoms with E-state index in [2.05, 4.69) is 73.3 Å². The molecule has 144 valence electrons. The summed E-state index contributed by atoms with van der Waals surface area (Å²) in [4.78, 5) is 15.1. The lowest BCUT2D eigenvalue weighted by Gasteiger charge is -2.37. The average molecular weight is 374 g/mol. The van der Waals surface area contributed by atoms with Crippen molar-refractivity contribution in [1.82, 2.24) is 9.47 Å². The van der Waals surface area contributed by atoms with Gasteiger partial charge in [0.05, 0.1) is 6.04 Å². The van der Waals surface area contributed by atoms with E-state index in [4.69, 9.17) is 0 Å². The molecule has 0 saturated heterocycles. The lowest BCUT2D eigenvalue weighted by molar-refractivity contribution is 0.182. The van der Waals surface area contributed by atoms with Gasteiger partial charge in [-0.3, -0.25) is 0 Å². The first kappa shape index (κ1) is 18.4. The van der Waals surface area contributed by atoms with Crippen molar-refractivity contribution in [3.8, 4) is 0 Å². The predicted molar refractivity (Wildman–Crippen MR) is 114 cm³/mol. The third-order valence-corrected chi connectivity index (χ3v) is 5.42. The lowest BCUT2D eigenvalue weighted by Crippen LogP contribution is -2.44. The number of aromatic nitrogens is 1. The second-order valence-corrected chi connectivity index (χ2v) is 8.39. The maximum Gasteiger partial charge on any atom is 0.322 e. The smallest absolute Gasteiger partial charge is 0.322 e. The number of nitrogens with zero attached hydrogens (tertiary/aromatic N) is 2. The van der Waals surface area contributed by atoms with Gasteiger partial charge in [-0.1, -0.05) is 63.2 Å². The molecule has 3 aromatic rings. The average Bonchev–Trinajstić information content (AvgIpc) is 3.16. The molecule has 0 radical (unpaired) electrons. The van der Waals surface area contributed by atoms with Gasteiger partial charge in [0, 0.05) is 30.7 Å². The Labute approximate surface area is 166 Å². The van der Waals surface area contributed by atoms with Crippen LogP contribution in [0.3, 0.4) is 0 Å². The summed E-state index contributed by atoms with van der Waals surface area (Å²) < 4.78 is 2.24. The fourth-order valence-corrected chi connectivity index (χ4v) is 3.84. The largest absolute Gasteiger partial charge is 0.348 e. The summed E-state index contributed by atoms with van der Waals surface area (Å²) in [6, 6.07) is 22.4. The van der Waals surface area contributed by atoms with Crippen LogP contribution in [0.2, 0.25) is 0 Å². The minimum atomic E-state index is -0.0844. The van der Waals surface area contributed by atoms with Gasteiger partial charge >= 0.3 is 6.03 Å². The van der Waals surface area contributed by atoms with Crippen LogP contribution in [-0.4, -0.2) is 22.0 Å². The second-order valence-electron chi connectivity index (χ2n) is 8.39. The standard InChI is InChI=1S/C24H27N3O/c1-24(2,3)19-11-13-20(14-12-19)25-23(28)27-17-16-26-15-7-10-21(26)22(27)18-8-5-4-6-9-18/h4-15,22H,16-17H2,1-3H3,(H,25,28). The first-order chi connectivity index (χ1) is 13.4. The Morgan fingerprint density at radius 2 is 1.64 bits per heavy atom. The van der Waals surface area contributed by atoms with Gasteiger partial charge in [-0.25, -0.2) is 4.79 Å². The molecule has 0 spiro atoms. The zero-order chi connectivity index (χ0) is 19.7. The van der Waals surface area contributed by atoms with E-state index in [0.717, 1.165) is 23.5 Å². The highest BCUT2D eigenvalue weighted by Crippen LogP contribution is 2.33. The molecule has 4 nitrogen and oxygen atoms in total. The molecule has 2 aromatic carbocycles. The van der Waals surface area contributed by atoms with E-state index in [9.17, 15) is 4.79 Å². The van der Waals surface area contributed by atoms with Crippen molar-refractivity contribution < 1.29 is 4.79 Å². The van der Waals surface area contributed by atoms with Crippen LogP contribution in [0.1, 0.15) is 43.6 Å². The number of carbonyl (C=O) groups is 1. The van der Waals surface area contributed by atoms with Gasteiger partial charge in [0.2, 0.25) is 0 Å². The molecular formula is C24H27N3O. The number of hydrogen-bond acceptors (Lipinski definition) is 1. The first-order valence-electron chi connectivity index (χ1n) is 9.81. The molecule has 1 aromatic heterocycles. The molecule has 0 saturated carbocycles. The normalized spacial score (nSPS) is 16.5. The maximum atomic E-state index is 13.2. The van der Waals surface area contributed by atoms with E-state index in [0.29, 0.717) is 6.54 Å². The highest BCUT2D eigenvalue weighted by atomic mass is 16.2. The van der Waals surface area contributed by atoms with Gasteiger partial charge in [-0.05, 0) is 40.8 Å². The van der Waals surface area contributed by atoms with Crippen molar-refractivity contribution >= 4 is 11.7 Å². The Balaban J connectivity index is 1.59. The summed E-state index contributed by atoms with van der Waals surface area (Å²) in [5.41, 5.74) is 4.45. The van der Waals surface area contributed by atoms with Crippen LogP contribution in [0.25, 0.3) is 0 Å². The third kappa shape index (κ3) is 3.55. The Hall–Kier alpha value is -3.01. The lowest BCUT2D eigenvalue weighted by atomic mass is 9.87. The number of fused-ring (bicyclic) bond motifs is 1. The Kier molecular flexibility index (Phi) is 4.71. The van der Waals surface area contributed by atoms with Gasteiger partial charge in [-0.15, -0.1) is 0 Å². The van der Waals surface area contributed by atoms with E-state index in [1.165, 1.54) is 5.56 Å². The molecular weight excluding hydrogens is 346 g/mol. The van der Waals surface area contributed by atoms with E-state index in [1.807, 2.05) is 35.2 Å². The number of nitrogens with one attached hydrogen (secondary N) is 1. The number of anilines is 1. The molecule has 0 bridgehead atoms. The molecule has 1 aliphatic rings. The predicted octanol–water partition coefficient (Wildman–Crippen LogP) is 5.42. The van der Waals surface area contributed by atoms with E-state index in [-0.39, 0.29) is 17.5 Å². The summed E-state index contributed by atoms with van der Waals surface area (Å²) >= 11 is 0. The highest BCUT2D eigenvalue weighted by Gasteiger charge is 2.32. The molecule has 1 N–H and O–H groups in total. The molecule has 2 heterocycles. The Morgan fingerprint density at radius 3 is 2.32 bits per heavy atom. The van der Waals surface area contributed by atoms with Crippen molar-refractivity contribution in [3.63, 3.8) is 0 Å². The summed E-state index contributed by atoms with van der Waals surface area (Å²) in [6.07, 6.45) is 2.09. The molecule has 4 heteroatoms. The SMILES string of the molecule is CC(C)(C)c1ccc(NC(=O)N2CCn3cccc3C2c2ccccc2)cc1. The van der Waals surface area contributed by atoms with Crippen LogP contribution in [0.15, 0.2) is 72.9 Å². The van der Waals surface area contributed by atoms with E-state index >= 15 is 0 Å². The molecule has 0 aliphatic carbocycles. The molecule has 1 atom stereocenters. The number of carbonyl (C=O) groups excluding carboxylic acids is 1. The number of benzene rings is 2. The number of hydrogen-bond donors (Lipinski definition) is 1. The van der Waals surface area contributed by atoms with Crippen molar-refractivity contribution in [2.45, 2.75) is 38.8 Å². The first-order valence-corrected chi connectivity index (χ1v) is 9.81. The van der Waals surface area contributed by atoms with Crippen LogP contribution in [0, 0.1) is 0 Å². The zero-order valence-electron chi connectivity index (χ0n) is 16.7. The zero-order valence-corrected chi connectivity index (χ0v) is 16.7. The van der Waals surface area contributed by atoms with Gasteiger partial charge in [0.15, 0.2) is 0 Å². The topological polar surface area (TPSA) is 37.3 Å². The number of amides is 2. The summed E-state index contributed by atoms with van der Waals surface area (Å²) in [6.45, 7) is 8.05. The number of rotatable bonds is 2. The Bertz CT molecular complexity index is 952. The Morgan fingerprint density at radius 1 is 0.929 bits per heavy atom. The van der Waals surface area contributed by atoms with E-state index in [1.54, 1.807) is 0 Å². The van der Waals surface area contributed by atoms with Gasteiger partial charge in [0.1, 0.15) is 0 Å². The summed E-state index contributed by atoms with van der Waals surface area (Å²) in [5, 5.41) is 3.09. The summed E-state index contributed by atoms with van der Waals surface area (Å²) in [7, 11) is 0. The molecule has 4 rings (SSSR count). The van der Waals surface area contributed by atoms with Crippen LogP contribution in [0.4, 0.5) is 10.5 Å². The van der Waals surface area contributed by atoms with Crippen molar-refractivity contribution in [3.05, 3.63) is 89.7 Å². The third-order valence-electron chi connectivity index (χ3n) is 5.42. The molecule has 2 amide bonds. The molecule has 1 unspecified atom stereocenters. The summed E-state index contributed by atoms with van der Waals surface area (Å²) in [5.74, 6) is 0. The highest BCUT2D eigenvalue weighted by molar-refractivity contribution is 5.90. The molecule has 0 fully saturated rings. The van der Waals surface area contributed by atoms with Crippen molar-refractivity contribution in [2.24, 2.45) is 0 Å². The van der Waals surface area contributed by atoms with Crippen LogP contribution >= 0.6 is 0 Å². The quantitative estimate of drug-likeness (QED) is 0.639. The fraction of sp³-hybridized carbons (Fsp3) is 0.292. The van der Waals surface area contributed by atoms with Crippen LogP contribution in [0.5, 0.6) is 0 Å². The number of urea groups is 1. The second kappa shape index (κ2) is 7.19. The fourth-order valence-electron chi connectivity index (χ4n) is 3.84. The van der Waals surface area contributed by atoms with Gasteiger partial charge < -0.3 is 14.8 Å². The minimum absolute atomic E-state index is 0.0650. The van der Waals surface area contributed by atoms with Crippen molar-refractivity contribution in [1.29, 1.82) is 0 Å². The molecule has 1 aliphatic heterocycles. The van der Waals surface area contributed by atoms with Crippen LogP contribution < -0.4 is 5.32 Å². The monoisotopic (exact) mass is 373 g/mol. The van der Waals surface area contributed by atoms with Gasteiger partial charge in [-0.2, -0.15) is 0 Å². The molecule has 28 heavy (non-hydrogen) atoms. The van der Waals surface area contributed by atoms with E-state index < -0.39 is 0 Å². The maximum absolute atomic E-state index is 13.2. The van der Waals surface area contributed by atoms with Gasteiger partial charge in [0.25, 0.3) is 0 Å².